The molecule has 0 unspecified atom stereocenters. The Kier molecular flexibility index (Phi) is 2.68. The Hall–Kier alpha value is -2.75. The van der Waals surface area contributed by atoms with Gasteiger partial charge >= 0.3 is 0 Å². The monoisotopic (exact) mass is 251 g/mol. The lowest BCUT2D eigenvalue weighted by Crippen LogP contribution is -1.95. The van der Waals surface area contributed by atoms with E-state index in [-0.39, 0.29) is 5.75 Å². The van der Waals surface area contributed by atoms with Crippen molar-refractivity contribution in [1.29, 1.82) is 0 Å². The maximum absolute atomic E-state index is 9.56. The minimum absolute atomic E-state index is 0.225. The van der Waals surface area contributed by atoms with Crippen molar-refractivity contribution in [1.82, 2.24) is 9.97 Å². The van der Waals surface area contributed by atoms with Crippen molar-refractivity contribution >= 4 is 22.7 Å². The normalized spacial score (nSPS) is 11.9. The molecule has 19 heavy (non-hydrogen) atoms. The van der Waals surface area contributed by atoms with Crippen molar-refractivity contribution in [2.24, 2.45) is 5.73 Å². The van der Waals surface area contributed by atoms with Gasteiger partial charge in [-0.15, -0.1) is 0 Å². The van der Waals surface area contributed by atoms with Crippen LogP contribution in [0, 0.1) is 0 Å². The fourth-order valence-corrected chi connectivity index (χ4v) is 2.07. The summed E-state index contributed by atoms with van der Waals surface area (Å²) in [4.78, 5) is 7.18. The lowest BCUT2D eigenvalue weighted by Gasteiger charge is -2.01. The predicted octanol–water partition coefficient (Wildman–Crippen LogP) is 2.73. The van der Waals surface area contributed by atoms with Crippen molar-refractivity contribution < 1.29 is 5.11 Å². The average molecular weight is 251 g/mol. The number of rotatable bonds is 2. The Labute approximate surface area is 110 Å². The van der Waals surface area contributed by atoms with E-state index in [0.717, 1.165) is 22.0 Å². The third-order valence-electron chi connectivity index (χ3n) is 2.98. The van der Waals surface area contributed by atoms with E-state index < -0.39 is 0 Å². The molecule has 94 valence electrons. The van der Waals surface area contributed by atoms with Crippen LogP contribution in [0.3, 0.4) is 0 Å². The maximum Gasteiger partial charge on any atom is 0.116 e. The van der Waals surface area contributed by atoms with Gasteiger partial charge in [0.05, 0.1) is 0 Å². The molecule has 0 saturated heterocycles. The van der Waals surface area contributed by atoms with E-state index in [2.05, 4.69) is 9.97 Å². The third-order valence-corrected chi connectivity index (χ3v) is 2.98. The summed E-state index contributed by atoms with van der Waals surface area (Å²) in [6.45, 7) is 0. The molecule has 0 saturated carbocycles. The molecular formula is C15H13N3O. The largest absolute Gasteiger partial charge is 0.508 e. The molecule has 4 nitrogen and oxygen atoms in total. The van der Waals surface area contributed by atoms with Gasteiger partial charge in [0.2, 0.25) is 0 Å². The van der Waals surface area contributed by atoms with Crippen molar-refractivity contribution in [3.05, 3.63) is 60.0 Å². The zero-order valence-corrected chi connectivity index (χ0v) is 10.2. The van der Waals surface area contributed by atoms with E-state index in [1.54, 1.807) is 24.5 Å². The number of H-pyrrole nitrogens is 1. The number of pyridine rings is 1. The van der Waals surface area contributed by atoms with Crippen LogP contribution in [0.5, 0.6) is 5.75 Å². The van der Waals surface area contributed by atoms with Crippen LogP contribution in [0.15, 0.2) is 48.9 Å². The van der Waals surface area contributed by atoms with E-state index in [1.165, 1.54) is 0 Å². The van der Waals surface area contributed by atoms with Gasteiger partial charge in [-0.25, -0.2) is 0 Å². The first-order valence-corrected chi connectivity index (χ1v) is 5.92. The molecule has 0 aliphatic carbocycles. The fourth-order valence-electron chi connectivity index (χ4n) is 2.07. The molecule has 4 N–H and O–H groups in total. The molecular weight excluding hydrogens is 238 g/mol. The standard InChI is InChI=1S/C15H13N3O/c16-14(6-10-2-1-5-17-8-10)13-9-18-15-4-3-11(19)7-12(13)15/h1-9,18-19H,16H2/b14-6-. The van der Waals surface area contributed by atoms with Gasteiger partial charge < -0.3 is 15.8 Å². The topological polar surface area (TPSA) is 74.9 Å². The van der Waals surface area contributed by atoms with Crippen LogP contribution >= 0.6 is 0 Å². The number of aromatic amines is 1. The summed E-state index contributed by atoms with van der Waals surface area (Å²) >= 11 is 0. The van der Waals surface area contributed by atoms with E-state index in [4.69, 9.17) is 5.73 Å². The summed E-state index contributed by atoms with van der Waals surface area (Å²) in [7, 11) is 0. The SMILES string of the molecule is N/C(=C\c1cccnc1)c1c[nH]c2ccc(O)cc12. The molecule has 0 aliphatic rings. The van der Waals surface area contributed by atoms with Crippen molar-refractivity contribution in [3.63, 3.8) is 0 Å². The van der Waals surface area contributed by atoms with Crippen LogP contribution in [-0.4, -0.2) is 15.1 Å². The molecule has 2 heterocycles. The molecule has 3 aromatic rings. The fraction of sp³-hybridized carbons (Fsp3) is 0. The zero-order valence-electron chi connectivity index (χ0n) is 10.2. The van der Waals surface area contributed by atoms with Gasteiger partial charge in [0, 0.05) is 40.8 Å². The molecule has 0 atom stereocenters. The summed E-state index contributed by atoms with van der Waals surface area (Å²) in [5.41, 5.74) is 9.50. The number of aromatic hydroxyl groups is 1. The molecule has 1 aromatic carbocycles. The van der Waals surface area contributed by atoms with E-state index in [0.29, 0.717) is 5.70 Å². The highest BCUT2D eigenvalue weighted by Crippen LogP contribution is 2.26. The third kappa shape index (κ3) is 2.15. The first-order valence-electron chi connectivity index (χ1n) is 5.92. The van der Waals surface area contributed by atoms with Crippen LogP contribution in [0.25, 0.3) is 22.7 Å². The molecule has 0 bridgehead atoms. The van der Waals surface area contributed by atoms with Crippen LogP contribution in [0.2, 0.25) is 0 Å². The second-order valence-corrected chi connectivity index (χ2v) is 4.32. The summed E-state index contributed by atoms with van der Waals surface area (Å²) in [6, 6.07) is 8.96. The first-order chi connectivity index (χ1) is 9.24. The first kappa shape index (κ1) is 11.3. The number of fused-ring (bicyclic) bond motifs is 1. The summed E-state index contributed by atoms with van der Waals surface area (Å²) < 4.78 is 0. The van der Waals surface area contributed by atoms with Crippen molar-refractivity contribution in [2.75, 3.05) is 0 Å². The van der Waals surface area contributed by atoms with Crippen molar-refractivity contribution in [3.8, 4) is 5.75 Å². The van der Waals surface area contributed by atoms with Gasteiger partial charge in [0.1, 0.15) is 5.75 Å². The van der Waals surface area contributed by atoms with Crippen molar-refractivity contribution in [2.45, 2.75) is 0 Å². The Morgan fingerprint density at radius 3 is 3.00 bits per heavy atom. The van der Waals surface area contributed by atoms with Gasteiger partial charge in [0.15, 0.2) is 0 Å². The Bertz CT molecular complexity index is 744. The summed E-state index contributed by atoms with van der Waals surface area (Å²) in [6.07, 6.45) is 7.17. The number of nitrogens with zero attached hydrogens (tertiary/aromatic N) is 1. The van der Waals surface area contributed by atoms with Gasteiger partial charge in [-0.05, 0) is 35.9 Å². The van der Waals surface area contributed by atoms with E-state index in [1.807, 2.05) is 30.5 Å². The highest BCUT2D eigenvalue weighted by molar-refractivity contribution is 5.96. The molecule has 2 aromatic heterocycles. The highest BCUT2D eigenvalue weighted by atomic mass is 16.3. The number of phenolic OH excluding ortho intramolecular Hbond substituents is 1. The van der Waals surface area contributed by atoms with Gasteiger partial charge in [-0.1, -0.05) is 6.07 Å². The average Bonchev–Trinajstić information content (AvgIpc) is 2.82. The second kappa shape index (κ2) is 4.49. The van der Waals surface area contributed by atoms with Crippen LogP contribution < -0.4 is 5.73 Å². The summed E-state index contributed by atoms with van der Waals surface area (Å²) in [5, 5.41) is 10.5. The van der Waals surface area contributed by atoms with Crippen LogP contribution in [-0.2, 0) is 0 Å². The quantitative estimate of drug-likeness (QED) is 0.655. The number of phenols is 1. The predicted molar refractivity (Wildman–Crippen MR) is 76.3 cm³/mol. The molecule has 0 radical (unpaired) electrons. The molecule has 0 spiro atoms. The smallest absolute Gasteiger partial charge is 0.116 e. The number of nitrogens with one attached hydrogen (secondary N) is 1. The molecule has 4 heteroatoms. The van der Waals surface area contributed by atoms with Crippen LogP contribution in [0.1, 0.15) is 11.1 Å². The van der Waals surface area contributed by atoms with Crippen LogP contribution in [0.4, 0.5) is 0 Å². The summed E-state index contributed by atoms with van der Waals surface area (Å²) in [5.74, 6) is 0.225. The number of aromatic nitrogens is 2. The number of benzene rings is 1. The van der Waals surface area contributed by atoms with Gasteiger partial charge in [-0.2, -0.15) is 0 Å². The Balaban J connectivity index is 2.09. The second-order valence-electron chi connectivity index (χ2n) is 4.32. The number of nitrogens with two attached hydrogens (primary N) is 1. The lowest BCUT2D eigenvalue weighted by molar-refractivity contribution is 0.476. The highest BCUT2D eigenvalue weighted by Gasteiger charge is 2.06. The maximum atomic E-state index is 9.56. The minimum Gasteiger partial charge on any atom is -0.508 e. The Morgan fingerprint density at radius 1 is 1.32 bits per heavy atom. The van der Waals surface area contributed by atoms with Gasteiger partial charge in [0.25, 0.3) is 0 Å². The number of hydrogen-bond donors (Lipinski definition) is 3. The zero-order chi connectivity index (χ0) is 13.2. The number of hydrogen-bond acceptors (Lipinski definition) is 3. The van der Waals surface area contributed by atoms with E-state index >= 15 is 0 Å². The van der Waals surface area contributed by atoms with Gasteiger partial charge in [-0.3, -0.25) is 4.98 Å². The molecule has 0 fully saturated rings. The Morgan fingerprint density at radius 2 is 2.21 bits per heavy atom. The molecule has 3 rings (SSSR count). The van der Waals surface area contributed by atoms with E-state index in [9.17, 15) is 5.11 Å². The molecule has 0 amide bonds. The minimum atomic E-state index is 0.225. The molecule has 0 aliphatic heterocycles. The lowest BCUT2D eigenvalue weighted by atomic mass is 10.1.